The van der Waals surface area contributed by atoms with Gasteiger partial charge in [0.1, 0.15) is 0 Å². The zero-order valence-electron chi connectivity index (χ0n) is 10.6. The van der Waals surface area contributed by atoms with Crippen LogP contribution in [0.3, 0.4) is 0 Å². The minimum atomic E-state index is 0.749. The highest BCUT2D eigenvalue weighted by atomic mass is 15.2. The lowest BCUT2D eigenvalue weighted by Gasteiger charge is -2.13. The maximum Gasteiger partial charge on any atom is 0.195 e. The Morgan fingerprint density at radius 3 is 2.28 bits per heavy atom. The summed E-state index contributed by atoms with van der Waals surface area (Å²) in [6.45, 7) is 0. The summed E-state index contributed by atoms with van der Waals surface area (Å²) < 4.78 is 0. The Morgan fingerprint density at radius 2 is 1.61 bits per heavy atom. The molecule has 0 bridgehead atoms. The maximum absolute atomic E-state index is 4.13. The van der Waals surface area contributed by atoms with Crippen LogP contribution in [-0.2, 0) is 0 Å². The summed E-state index contributed by atoms with van der Waals surface area (Å²) in [6, 6.07) is 18.5. The van der Waals surface area contributed by atoms with Crippen molar-refractivity contribution in [1.82, 2.24) is 5.32 Å². The molecule has 0 saturated heterocycles. The summed E-state index contributed by atoms with van der Waals surface area (Å²) in [6.07, 6.45) is 0. The fraction of sp³-hybridized carbons (Fsp3) is 0.133. The Morgan fingerprint density at radius 1 is 0.944 bits per heavy atom. The van der Waals surface area contributed by atoms with Gasteiger partial charge in [0.15, 0.2) is 5.96 Å². The Balaban J connectivity index is 2.38. The van der Waals surface area contributed by atoms with Crippen molar-refractivity contribution >= 4 is 11.6 Å². The van der Waals surface area contributed by atoms with Crippen molar-refractivity contribution in [1.29, 1.82) is 0 Å². The third-order valence-corrected chi connectivity index (χ3v) is 2.73. The molecule has 0 fully saturated rings. The van der Waals surface area contributed by atoms with E-state index in [1.807, 2.05) is 43.4 Å². The van der Waals surface area contributed by atoms with E-state index in [0.717, 1.165) is 17.2 Å². The number of benzene rings is 2. The lowest BCUT2D eigenvalue weighted by molar-refractivity contribution is 1.14. The van der Waals surface area contributed by atoms with E-state index in [-0.39, 0.29) is 0 Å². The molecule has 92 valence electrons. The van der Waals surface area contributed by atoms with E-state index in [1.54, 1.807) is 7.05 Å². The minimum absolute atomic E-state index is 0.749. The van der Waals surface area contributed by atoms with Crippen LogP contribution in [0.15, 0.2) is 59.6 Å². The highest BCUT2D eigenvalue weighted by molar-refractivity contribution is 5.97. The summed E-state index contributed by atoms with van der Waals surface area (Å²) in [4.78, 5) is 4.13. The van der Waals surface area contributed by atoms with E-state index >= 15 is 0 Å². The molecule has 2 rings (SSSR count). The average Bonchev–Trinajstić information content (AvgIpc) is 2.46. The summed E-state index contributed by atoms with van der Waals surface area (Å²) >= 11 is 0. The Kier molecular flexibility index (Phi) is 3.97. The van der Waals surface area contributed by atoms with E-state index < -0.39 is 0 Å². The van der Waals surface area contributed by atoms with Gasteiger partial charge in [-0.15, -0.1) is 0 Å². The average molecular weight is 239 g/mol. The summed E-state index contributed by atoms with van der Waals surface area (Å²) in [5.74, 6) is 0.749. The molecule has 2 aromatic rings. The van der Waals surface area contributed by atoms with E-state index in [2.05, 4.69) is 33.8 Å². The van der Waals surface area contributed by atoms with Gasteiger partial charge in [0, 0.05) is 25.3 Å². The topological polar surface area (TPSA) is 36.4 Å². The third kappa shape index (κ3) is 2.69. The fourth-order valence-electron chi connectivity index (χ4n) is 1.82. The first-order valence-corrected chi connectivity index (χ1v) is 5.91. The van der Waals surface area contributed by atoms with Gasteiger partial charge in [-0.1, -0.05) is 48.5 Å². The predicted octanol–water partition coefficient (Wildman–Crippen LogP) is 2.97. The molecule has 0 unspecified atom stereocenters. The lowest BCUT2D eigenvalue weighted by Crippen LogP contribution is -2.27. The molecule has 3 nitrogen and oxygen atoms in total. The van der Waals surface area contributed by atoms with Crippen LogP contribution in [0, 0.1) is 0 Å². The molecule has 0 aliphatic heterocycles. The second-order valence-corrected chi connectivity index (χ2v) is 3.86. The van der Waals surface area contributed by atoms with E-state index in [0.29, 0.717) is 0 Å². The van der Waals surface area contributed by atoms with Gasteiger partial charge in [0.2, 0.25) is 0 Å². The Labute approximate surface area is 108 Å². The molecule has 0 spiro atoms. The van der Waals surface area contributed by atoms with Gasteiger partial charge >= 0.3 is 0 Å². The van der Waals surface area contributed by atoms with Crippen molar-refractivity contribution in [2.24, 2.45) is 4.99 Å². The van der Waals surface area contributed by atoms with Gasteiger partial charge in [-0.05, 0) is 11.6 Å². The molecule has 0 radical (unpaired) electrons. The quantitative estimate of drug-likeness (QED) is 0.624. The van der Waals surface area contributed by atoms with Crippen molar-refractivity contribution in [2.45, 2.75) is 0 Å². The molecule has 2 N–H and O–H groups in total. The van der Waals surface area contributed by atoms with Crippen LogP contribution < -0.4 is 10.6 Å². The van der Waals surface area contributed by atoms with Crippen molar-refractivity contribution < 1.29 is 0 Å². The van der Waals surface area contributed by atoms with Crippen LogP contribution in [0.4, 0.5) is 5.69 Å². The standard InChI is InChI=1S/C15H17N3/c1-16-15(17-2)18-14-11-7-6-10-13(14)12-8-4-3-5-9-12/h3-11H,1-2H3,(H2,16,17,18). The van der Waals surface area contributed by atoms with Crippen LogP contribution >= 0.6 is 0 Å². The molecule has 0 atom stereocenters. The van der Waals surface area contributed by atoms with Gasteiger partial charge in [-0.2, -0.15) is 0 Å². The lowest BCUT2D eigenvalue weighted by atomic mass is 10.0. The highest BCUT2D eigenvalue weighted by Crippen LogP contribution is 2.27. The SMILES string of the molecule is C/N=C(\NC)Nc1ccccc1-c1ccccc1. The first kappa shape index (κ1) is 12.2. The van der Waals surface area contributed by atoms with Crippen molar-refractivity contribution in [2.75, 3.05) is 19.4 Å². The Bertz CT molecular complexity index is 532. The molecule has 3 heteroatoms. The van der Waals surface area contributed by atoms with Gasteiger partial charge < -0.3 is 10.6 Å². The van der Waals surface area contributed by atoms with Crippen LogP contribution in [0.2, 0.25) is 0 Å². The first-order chi connectivity index (χ1) is 8.85. The van der Waals surface area contributed by atoms with Crippen molar-refractivity contribution in [3.63, 3.8) is 0 Å². The molecule has 0 amide bonds. The third-order valence-electron chi connectivity index (χ3n) is 2.73. The monoisotopic (exact) mass is 239 g/mol. The largest absolute Gasteiger partial charge is 0.359 e. The van der Waals surface area contributed by atoms with Crippen molar-refractivity contribution in [3.8, 4) is 11.1 Å². The number of nitrogens with zero attached hydrogens (tertiary/aromatic N) is 1. The van der Waals surface area contributed by atoms with Crippen LogP contribution in [0.25, 0.3) is 11.1 Å². The second kappa shape index (κ2) is 5.87. The van der Waals surface area contributed by atoms with Crippen LogP contribution in [0.1, 0.15) is 0 Å². The predicted molar refractivity (Wildman–Crippen MR) is 77.9 cm³/mol. The summed E-state index contributed by atoms with van der Waals surface area (Å²) in [7, 11) is 3.60. The molecular weight excluding hydrogens is 222 g/mol. The number of nitrogens with one attached hydrogen (secondary N) is 2. The molecular formula is C15H17N3. The highest BCUT2D eigenvalue weighted by Gasteiger charge is 2.05. The number of rotatable bonds is 2. The Hall–Kier alpha value is -2.29. The number of aliphatic imine (C=N–C) groups is 1. The maximum atomic E-state index is 4.13. The molecule has 0 aliphatic rings. The molecule has 0 aliphatic carbocycles. The van der Waals surface area contributed by atoms with Gasteiger partial charge in [-0.3, -0.25) is 4.99 Å². The number of hydrogen-bond donors (Lipinski definition) is 2. The van der Waals surface area contributed by atoms with E-state index in [1.165, 1.54) is 5.56 Å². The van der Waals surface area contributed by atoms with E-state index in [9.17, 15) is 0 Å². The molecule has 0 saturated carbocycles. The summed E-state index contributed by atoms with van der Waals surface area (Å²) in [5.41, 5.74) is 3.39. The number of hydrogen-bond acceptors (Lipinski definition) is 1. The zero-order chi connectivity index (χ0) is 12.8. The van der Waals surface area contributed by atoms with Gasteiger partial charge in [0.05, 0.1) is 0 Å². The van der Waals surface area contributed by atoms with Gasteiger partial charge in [0.25, 0.3) is 0 Å². The second-order valence-electron chi connectivity index (χ2n) is 3.86. The normalized spacial score (nSPS) is 11.1. The number of guanidine groups is 1. The molecule has 18 heavy (non-hydrogen) atoms. The molecule has 0 aromatic heterocycles. The zero-order valence-corrected chi connectivity index (χ0v) is 10.6. The van der Waals surface area contributed by atoms with Crippen molar-refractivity contribution in [3.05, 3.63) is 54.6 Å². The van der Waals surface area contributed by atoms with E-state index in [4.69, 9.17) is 0 Å². The van der Waals surface area contributed by atoms with Crippen LogP contribution in [0.5, 0.6) is 0 Å². The smallest absolute Gasteiger partial charge is 0.195 e. The molecule has 0 heterocycles. The number of anilines is 1. The van der Waals surface area contributed by atoms with Gasteiger partial charge in [-0.25, -0.2) is 0 Å². The minimum Gasteiger partial charge on any atom is -0.359 e. The number of para-hydroxylation sites is 1. The van der Waals surface area contributed by atoms with Crippen LogP contribution in [-0.4, -0.2) is 20.1 Å². The first-order valence-electron chi connectivity index (χ1n) is 5.91. The fourth-order valence-corrected chi connectivity index (χ4v) is 1.82. The molecule has 2 aromatic carbocycles. The summed E-state index contributed by atoms with van der Waals surface area (Å²) in [5, 5.41) is 6.30.